The summed E-state index contributed by atoms with van der Waals surface area (Å²) in [5, 5.41) is 4.07. The van der Waals surface area contributed by atoms with E-state index < -0.39 is 0 Å². The van der Waals surface area contributed by atoms with Crippen molar-refractivity contribution in [3.8, 4) is 0 Å². The summed E-state index contributed by atoms with van der Waals surface area (Å²) in [6.45, 7) is 6.18. The first-order valence-electron chi connectivity index (χ1n) is 5.79. The van der Waals surface area contributed by atoms with E-state index in [9.17, 15) is 4.79 Å². The van der Waals surface area contributed by atoms with E-state index in [4.69, 9.17) is 4.74 Å². The third kappa shape index (κ3) is 2.20. The van der Waals surface area contributed by atoms with Gasteiger partial charge in [-0.05, 0) is 42.2 Å². The number of rotatable bonds is 3. The molecule has 2 heterocycles. The Bertz CT molecular complexity index is 358. The van der Waals surface area contributed by atoms with Gasteiger partial charge in [0.15, 0.2) is 0 Å². The number of ketones is 1. The van der Waals surface area contributed by atoms with Gasteiger partial charge in [-0.1, -0.05) is 6.92 Å². The molecular weight excluding hydrogens is 220 g/mol. The Hall–Kier alpha value is -0.670. The van der Waals surface area contributed by atoms with E-state index in [2.05, 4.69) is 13.8 Å². The Balaban J connectivity index is 2.04. The molecule has 0 aliphatic carbocycles. The third-order valence-electron chi connectivity index (χ3n) is 3.57. The van der Waals surface area contributed by atoms with E-state index in [1.54, 1.807) is 11.3 Å². The lowest BCUT2D eigenvalue weighted by atomic mass is 9.84. The Morgan fingerprint density at radius 1 is 1.38 bits per heavy atom. The summed E-state index contributed by atoms with van der Waals surface area (Å²) >= 11 is 1.64. The van der Waals surface area contributed by atoms with Crippen molar-refractivity contribution in [2.24, 2.45) is 11.8 Å². The summed E-state index contributed by atoms with van der Waals surface area (Å²) in [5.74, 6) is 0.721. The molecule has 88 valence electrons. The SMILES string of the molecule is CC1OC(C)C(C(=O)Cc2ccsc2)C1C. The highest BCUT2D eigenvalue weighted by Gasteiger charge is 2.40. The molecule has 16 heavy (non-hydrogen) atoms. The second-order valence-electron chi connectivity index (χ2n) is 4.71. The number of carbonyl (C=O) groups excluding carboxylic acids is 1. The number of hydrogen-bond donors (Lipinski definition) is 0. The number of carbonyl (C=O) groups is 1. The molecule has 0 radical (unpaired) electrons. The predicted octanol–water partition coefficient (Wildman–Crippen LogP) is 2.92. The molecule has 1 saturated heterocycles. The molecule has 3 heteroatoms. The van der Waals surface area contributed by atoms with Crippen molar-refractivity contribution in [2.45, 2.75) is 39.4 Å². The molecule has 2 nitrogen and oxygen atoms in total. The van der Waals surface area contributed by atoms with Crippen LogP contribution in [0.1, 0.15) is 26.3 Å². The fraction of sp³-hybridized carbons (Fsp3) is 0.615. The number of Topliss-reactive ketones (excluding diaryl/α,β-unsaturated/α-hetero) is 1. The maximum absolute atomic E-state index is 12.2. The van der Waals surface area contributed by atoms with Gasteiger partial charge in [0.2, 0.25) is 0 Å². The minimum absolute atomic E-state index is 0.0647. The van der Waals surface area contributed by atoms with Crippen LogP contribution < -0.4 is 0 Å². The van der Waals surface area contributed by atoms with Crippen molar-refractivity contribution < 1.29 is 9.53 Å². The zero-order chi connectivity index (χ0) is 11.7. The first kappa shape index (κ1) is 11.8. The lowest BCUT2D eigenvalue weighted by molar-refractivity contribution is -0.124. The van der Waals surface area contributed by atoms with Crippen LogP contribution in [0.2, 0.25) is 0 Å². The van der Waals surface area contributed by atoms with Gasteiger partial charge in [-0.15, -0.1) is 0 Å². The van der Waals surface area contributed by atoms with Gasteiger partial charge < -0.3 is 4.74 Å². The molecule has 4 unspecified atom stereocenters. The van der Waals surface area contributed by atoms with Crippen LogP contribution in [0.25, 0.3) is 0 Å². The Morgan fingerprint density at radius 2 is 2.12 bits per heavy atom. The molecule has 0 N–H and O–H groups in total. The topological polar surface area (TPSA) is 26.3 Å². The van der Waals surface area contributed by atoms with E-state index >= 15 is 0 Å². The van der Waals surface area contributed by atoms with Gasteiger partial charge in [0.05, 0.1) is 12.2 Å². The number of ether oxygens (including phenoxy) is 1. The average molecular weight is 238 g/mol. The fourth-order valence-electron chi connectivity index (χ4n) is 2.53. The van der Waals surface area contributed by atoms with Crippen molar-refractivity contribution in [1.29, 1.82) is 0 Å². The first-order valence-corrected chi connectivity index (χ1v) is 6.73. The summed E-state index contributed by atoms with van der Waals surface area (Å²) in [6.07, 6.45) is 0.821. The van der Waals surface area contributed by atoms with Crippen molar-refractivity contribution >= 4 is 17.1 Å². The van der Waals surface area contributed by atoms with Crippen LogP contribution in [-0.2, 0) is 16.0 Å². The van der Waals surface area contributed by atoms with Gasteiger partial charge in [-0.25, -0.2) is 0 Å². The molecule has 0 amide bonds. The highest BCUT2D eigenvalue weighted by Crippen LogP contribution is 2.33. The largest absolute Gasteiger partial charge is 0.375 e. The summed E-state index contributed by atoms with van der Waals surface area (Å²) < 4.78 is 5.71. The normalized spacial score (nSPS) is 34.2. The van der Waals surface area contributed by atoms with Crippen LogP contribution in [-0.4, -0.2) is 18.0 Å². The van der Waals surface area contributed by atoms with Crippen molar-refractivity contribution in [3.05, 3.63) is 22.4 Å². The van der Waals surface area contributed by atoms with E-state index in [1.807, 2.05) is 23.8 Å². The van der Waals surface area contributed by atoms with Crippen molar-refractivity contribution in [3.63, 3.8) is 0 Å². The molecule has 0 spiro atoms. The van der Waals surface area contributed by atoms with E-state index in [0.717, 1.165) is 5.56 Å². The summed E-state index contributed by atoms with van der Waals surface area (Å²) in [4.78, 5) is 12.2. The molecule has 1 aromatic heterocycles. The molecule has 1 aromatic rings. The fourth-order valence-corrected chi connectivity index (χ4v) is 3.20. The summed E-state index contributed by atoms with van der Waals surface area (Å²) in [7, 11) is 0. The minimum atomic E-state index is 0.0647. The second kappa shape index (κ2) is 4.68. The van der Waals surface area contributed by atoms with E-state index in [-0.39, 0.29) is 18.1 Å². The molecular formula is C13H18O2S. The Morgan fingerprint density at radius 3 is 2.62 bits per heavy atom. The zero-order valence-corrected chi connectivity index (χ0v) is 10.8. The third-order valence-corrected chi connectivity index (χ3v) is 4.30. The standard InChI is InChI=1S/C13H18O2S/c1-8-9(2)15-10(3)13(8)12(14)6-11-4-5-16-7-11/h4-5,7-10,13H,6H2,1-3H3. The van der Waals surface area contributed by atoms with Gasteiger partial charge in [0.1, 0.15) is 5.78 Å². The zero-order valence-electron chi connectivity index (χ0n) is 9.97. The van der Waals surface area contributed by atoms with Crippen molar-refractivity contribution in [2.75, 3.05) is 0 Å². The number of hydrogen-bond acceptors (Lipinski definition) is 3. The second-order valence-corrected chi connectivity index (χ2v) is 5.49. The highest BCUT2D eigenvalue weighted by atomic mass is 32.1. The first-order chi connectivity index (χ1) is 7.59. The average Bonchev–Trinajstić information content (AvgIpc) is 2.77. The smallest absolute Gasteiger partial charge is 0.143 e. The molecule has 2 rings (SSSR count). The van der Waals surface area contributed by atoms with Crippen LogP contribution in [0.15, 0.2) is 16.8 Å². The highest BCUT2D eigenvalue weighted by molar-refractivity contribution is 7.07. The van der Waals surface area contributed by atoms with Gasteiger partial charge in [0.25, 0.3) is 0 Å². The van der Waals surface area contributed by atoms with Crippen LogP contribution in [0.5, 0.6) is 0 Å². The molecule has 1 fully saturated rings. The summed E-state index contributed by atoms with van der Waals surface area (Å²) in [5.41, 5.74) is 1.13. The molecule has 0 saturated carbocycles. The van der Waals surface area contributed by atoms with Crippen LogP contribution in [0.4, 0.5) is 0 Å². The van der Waals surface area contributed by atoms with E-state index in [0.29, 0.717) is 18.1 Å². The monoisotopic (exact) mass is 238 g/mol. The quantitative estimate of drug-likeness (QED) is 0.809. The summed E-state index contributed by atoms with van der Waals surface area (Å²) in [6, 6.07) is 2.02. The van der Waals surface area contributed by atoms with Gasteiger partial charge in [-0.2, -0.15) is 11.3 Å². The Kier molecular flexibility index (Phi) is 3.45. The lowest BCUT2D eigenvalue weighted by Gasteiger charge is -2.16. The van der Waals surface area contributed by atoms with Crippen LogP contribution in [0.3, 0.4) is 0 Å². The predicted molar refractivity (Wildman–Crippen MR) is 65.7 cm³/mol. The van der Waals surface area contributed by atoms with Gasteiger partial charge in [0, 0.05) is 12.3 Å². The van der Waals surface area contributed by atoms with Crippen molar-refractivity contribution in [1.82, 2.24) is 0 Å². The van der Waals surface area contributed by atoms with Crippen LogP contribution in [0, 0.1) is 11.8 Å². The van der Waals surface area contributed by atoms with Crippen LogP contribution >= 0.6 is 11.3 Å². The molecule has 1 aliphatic rings. The maximum Gasteiger partial charge on any atom is 0.143 e. The van der Waals surface area contributed by atoms with Gasteiger partial charge in [-0.3, -0.25) is 4.79 Å². The van der Waals surface area contributed by atoms with E-state index in [1.165, 1.54) is 0 Å². The molecule has 0 aromatic carbocycles. The maximum atomic E-state index is 12.2. The molecule has 0 bridgehead atoms. The minimum Gasteiger partial charge on any atom is -0.375 e. The number of thiophene rings is 1. The Labute approximate surface area is 101 Å². The van der Waals surface area contributed by atoms with Gasteiger partial charge >= 0.3 is 0 Å². The molecule has 1 aliphatic heterocycles. The lowest BCUT2D eigenvalue weighted by Crippen LogP contribution is -2.28. The molecule has 4 atom stereocenters.